The Morgan fingerprint density at radius 3 is 2.29 bits per heavy atom. The van der Waals surface area contributed by atoms with E-state index in [1.54, 1.807) is 0 Å². The molecule has 9 atom stereocenters. The van der Waals surface area contributed by atoms with E-state index in [2.05, 4.69) is 5.32 Å². The Morgan fingerprint density at radius 1 is 1.03 bits per heavy atom. The third-order valence-corrected chi connectivity index (χ3v) is 8.48. The molecule has 222 valence electrons. The molecule has 2 aliphatic rings. The maximum Gasteiger partial charge on any atom is 0.302 e. The van der Waals surface area contributed by atoms with Gasteiger partial charge in [-0.15, -0.1) is 0 Å². The van der Waals surface area contributed by atoms with Crippen molar-refractivity contribution in [3.05, 3.63) is 0 Å². The molecule has 10 nitrogen and oxygen atoms in total. The Kier molecular flexibility index (Phi) is 15.1. The highest BCUT2D eigenvalue weighted by atomic mass is 16.6. The number of quaternary nitrogens is 1. The molecule has 0 spiro atoms. The fourth-order valence-electron chi connectivity index (χ4n) is 6.48. The summed E-state index contributed by atoms with van der Waals surface area (Å²) in [7, 11) is 0. The fourth-order valence-corrected chi connectivity index (χ4v) is 6.48. The van der Waals surface area contributed by atoms with Crippen molar-refractivity contribution in [1.82, 2.24) is 0 Å². The van der Waals surface area contributed by atoms with Gasteiger partial charge in [-0.1, -0.05) is 13.3 Å². The van der Waals surface area contributed by atoms with Crippen LogP contribution in [0.1, 0.15) is 85.0 Å². The molecule has 1 aliphatic carbocycles. The van der Waals surface area contributed by atoms with Gasteiger partial charge < -0.3 is 34.8 Å². The third kappa shape index (κ3) is 11.4. The Hall–Kier alpha value is -1.30. The molecule has 2 fully saturated rings. The van der Waals surface area contributed by atoms with E-state index in [4.69, 9.17) is 19.9 Å². The van der Waals surface area contributed by atoms with Crippen molar-refractivity contribution in [2.24, 2.45) is 29.4 Å². The summed E-state index contributed by atoms with van der Waals surface area (Å²) in [6.45, 7) is 5.96. The van der Waals surface area contributed by atoms with Gasteiger partial charge in [-0.3, -0.25) is 15.3 Å². The van der Waals surface area contributed by atoms with Gasteiger partial charge in [-0.2, -0.15) is 0 Å². The maximum atomic E-state index is 12.0. The van der Waals surface area contributed by atoms with Gasteiger partial charge in [0, 0.05) is 33.3 Å². The predicted molar refractivity (Wildman–Crippen MR) is 142 cm³/mol. The van der Waals surface area contributed by atoms with Crippen LogP contribution in [0.15, 0.2) is 0 Å². The first kappa shape index (κ1) is 32.9. The highest BCUT2D eigenvalue weighted by molar-refractivity contribution is 5.66. The van der Waals surface area contributed by atoms with Crippen LogP contribution in [-0.4, -0.2) is 84.2 Å². The largest absolute Gasteiger partial charge is 0.462 e. The number of nitrogens with two attached hydrogens (primary N) is 2. The molecule has 0 radical (unpaired) electrons. The van der Waals surface area contributed by atoms with Gasteiger partial charge in [0.1, 0.15) is 18.4 Å². The van der Waals surface area contributed by atoms with Crippen LogP contribution in [0.3, 0.4) is 0 Å². The SMILES string of the molecule is CCC(CO)CCC(CC(CCC1CC(OCCO)C(O)CC1C1CC[NH2+]C(N)C1)OC(C)=O)OC(C)=O. The molecule has 7 N–H and O–H groups in total. The van der Waals surface area contributed by atoms with Gasteiger partial charge in [0.15, 0.2) is 0 Å². The number of rotatable bonds is 16. The van der Waals surface area contributed by atoms with Gasteiger partial charge in [0.05, 0.1) is 32.0 Å². The van der Waals surface area contributed by atoms with Gasteiger partial charge in [0.2, 0.25) is 0 Å². The quantitative estimate of drug-likeness (QED) is 0.177. The van der Waals surface area contributed by atoms with Crippen molar-refractivity contribution < 1.29 is 44.4 Å². The molecule has 2 rings (SSSR count). The van der Waals surface area contributed by atoms with Crippen LogP contribution >= 0.6 is 0 Å². The monoisotopic (exact) mass is 545 g/mol. The molecule has 9 unspecified atom stereocenters. The molecule has 1 heterocycles. The van der Waals surface area contributed by atoms with Crippen LogP contribution in [0.4, 0.5) is 0 Å². The van der Waals surface area contributed by atoms with Crippen molar-refractivity contribution in [2.75, 3.05) is 26.4 Å². The van der Waals surface area contributed by atoms with E-state index in [-0.39, 0.29) is 61.8 Å². The van der Waals surface area contributed by atoms with E-state index >= 15 is 0 Å². The molecule has 0 aromatic heterocycles. The summed E-state index contributed by atoms with van der Waals surface area (Å²) in [5.74, 6) is 0.358. The molecule has 0 bridgehead atoms. The number of esters is 2. The molecule has 1 aliphatic heterocycles. The van der Waals surface area contributed by atoms with E-state index in [1.807, 2.05) is 6.92 Å². The highest BCUT2D eigenvalue weighted by Gasteiger charge is 2.42. The topological polar surface area (TPSA) is 165 Å². The molecule has 0 amide bonds. The second-order valence-corrected chi connectivity index (χ2v) is 11.4. The average molecular weight is 546 g/mol. The van der Waals surface area contributed by atoms with Crippen molar-refractivity contribution in [1.29, 1.82) is 0 Å². The molecule has 0 aromatic carbocycles. The second kappa shape index (κ2) is 17.4. The smallest absolute Gasteiger partial charge is 0.302 e. The Balaban J connectivity index is 2.12. The lowest BCUT2D eigenvalue weighted by Gasteiger charge is -2.44. The number of aliphatic hydroxyl groups excluding tert-OH is 3. The first-order chi connectivity index (χ1) is 18.2. The van der Waals surface area contributed by atoms with E-state index in [9.17, 15) is 24.9 Å². The molecular formula is C28H53N2O8+. The molecule has 38 heavy (non-hydrogen) atoms. The second-order valence-electron chi connectivity index (χ2n) is 11.4. The van der Waals surface area contributed by atoms with E-state index in [1.165, 1.54) is 13.8 Å². The van der Waals surface area contributed by atoms with Crippen LogP contribution in [0.25, 0.3) is 0 Å². The first-order valence-corrected chi connectivity index (χ1v) is 14.6. The zero-order valence-corrected chi connectivity index (χ0v) is 23.6. The molecule has 1 saturated heterocycles. The van der Waals surface area contributed by atoms with Gasteiger partial charge in [0.25, 0.3) is 0 Å². The number of aliphatic hydroxyl groups is 3. The van der Waals surface area contributed by atoms with Crippen molar-refractivity contribution in [2.45, 2.75) is 116 Å². The van der Waals surface area contributed by atoms with Crippen molar-refractivity contribution in [3.63, 3.8) is 0 Å². The summed E-state index contributed by atoms with van der Waals surface area (Å²) >= 11 is 0. The summed E-state index contributed by atoms with van der Waals surface area (Å²) in [6.07, 6.45) is 5.59. The Morgan fingerprint density at radius 2 is 1.71 bits per heavy atom. The number of hydrogen-bond donors (Lipinski definition) is 5. The third-order valence-electron chi connectivity index (χ3n) is 8.48. The summed E-state index contributed by atoms with van der Waals surface area (Å²) in [5, 5.41) is 31.8. The number of piperidine rings is 1. The highest BCUT2D eigenvalue weighted by Crippen LogP contribution is 2.42. The van der Waals surface area contributed by atoms with Crippen LogP contribution in [-0.2, 0) is 23.8 Å². The van der Waals surface area contributed by atoms with Crippen LogP contribution in [0, 0.1) is 23.7 Å². The molecule has 1 saturated carbocycles. The normalized spacial score (nSPS) is 30.3. The first-order valence-electron chi connectivity index (χ1n) is 14.6. The Labute approximate surface area is 228 Å². The minimum Gasteiger partial charge on any atom is -0.462 e. The number of hydrogen-bond acceptors (Lipinski definition) is 9. The summed E-state index contributed by atoms with van der Waals surface area (Å²) < 4.78 is 17.1. The van der Waals surface area contributed by atoms with Crippen LogP contribution in [0.5, 0.6) is 0 Å². The summed E-state index contributed by atoms with van der Waals surface area (Å²) in [4.78, 5) is 23.8. The maximum absolute atomic E-state index is 12.0. The minimum atomic E-state index is -0.583. The lowest BCUT2D eigenvalue weighted by Crippen LogP contribution is -2.94. The van der Waals surface area contributed by atoms with E-state index < -0.39 is 18.3 Å². The van der Waals surface area contributed by atoms with E-state index in [0.717, 1.165) is 38.6 Å². The van der Waals surface area contributed by atoms with Gasteiger partial charge in [-0.05, 0) is 68.6 Å². The Bertz CT molecular complexity index is 692. The van der Waals surface area contributed by atoms with E-state index in [0.29, 0.717) is 38.0 Å². The summed E-state index contributed by atoms with van der Waals surface area (Å²) in [5.41, 5.74) is 6.26. The predicted octanol–water partition coefficient (Wildman–Crippen LogP) is 0.842. The number of carbonyl (C=O) groups is 2. The van der Waals surface area contributed by atoms with Crippen LogP contribution < -0.4 is 11.1 Å². The molecular weight excluding hydrogens is 492 g/mol. The zero-order valence-electron chi connectivity index (χ0n) is 23.6. The van der Waals surface area contributed by atoms with Crippen molar-refractivity contribution >= 4 is 11.9 Å². The average Bonchev–Trinajstić information content (AvgIpc) is 2.86. The zero-order chi connectivity index (χ0) is 28.1. The lowest BCUT2D eigenvalue weighted by molar-refractivity contribution is -0.699. The number of ether oxygens (including phenoxy) is 3. The van der Waals surface area contributed by atoms with Crippen molar-refractivity contribution in [3.8, 4) is 0 Å². The lowest BCUT2D eigenvalue weighted by atomic mass is 9.66. The van der Waals surface area contributed by atoms with Gasteiger partial charge in [-0.25, -0.2) is 0 Å². The van der Waals surface area contributed by atoms with Gasteiger partial charge >= 0.3 is 11.9 Å². The molecule has 0 aromatic rings. The molecule has 10 heteroatoms. The van der Waals surface area contributed by atoms with Crippen LogP contribution in [0.2, 0.25) is 0 Å². The minimum absolute atomic E-state index is 0.0686. The fraction of sp³-hybridized carbons (Fsp3) is 0.929. The number of carbonyl (C=O) groups excluding carboxylic acids is 2. The standard InChI is InChI=1S/C28H52N2O8/c1-4-20(17-32)5-7-23(37-18(2)33)15-24(38-19(3)34)8-6-21-13-27(36-12-11-31)26(35)16-25(21)22-9-10-30-28(29)14-22/h20-28,30-32,35H,4-17,29H2,1-3H3/p+1. The summed E-state index contributed by atoms with van der Waals surface area (Å²) in [6, 6.07) is 0.